The van der Waals surface area contributed by atoms with E-state index in [1.54, 1.807) is 0 Å². The molecule has 0 bridgehead atoms. The molecule has 2 aliphatic rings. The lowest BCUT2D eigenvalue weighted by molar-refractivity contribution is 0.0118. The zero-order valence-electron chi connectivity index (χ0n) is 12.3. The molecule has 1 aliphatic carbocycles. The van der Waals surface area contributed by atoms with Gasteiger partial charge in [-0.2, -0.15) is 0 Å². The maximum Gasteiger partial charge on any atom is 0.130 e. The zero-order valence-corrected chi connectivity index (χ0v) is 12.3. The van der Waals surface area contributed by atoms with E-state index in [0.29, 0.717) is 12.5 Å². The topological polar surface area (TPSA) is 43.6 Å². The molecule has 0 radical (unpaired) electrons. The highest BCUT2D eigenvalue weighted by atomic mass is 16.5. The predicted octanol–water partition coefficient (Wildman–Crippen LogP) is 2.78. The standard InChI is InChI=1S/C16H25NO3/c1-12-14(9-17-15-2-3-15)8-16(20-12)11-19-10-13-4-6-18-7-5-13/h8,13,15,17H,2-7,9-11H2,1H3. The SMILES string of the molecule is Cc1oc(COCC2CCOCC2)cc1CNC1CC1. The molecule has 1 saturated carbocycles. The van der Waals surface area contributed by atoms with E-state index in [1.807, 2.05) is 6.92 Å². The average Bonchev–Trinajstić information content (AvgIpc) is 3.22. The number of rotatable bonds is 7. The van der Waals surface area contributed by atoms with Gasteiger partial charge in [0.25, 0.3) is 0 Å². The van der Waals surface area contributed by atoms with Crippen molar-refractivity contribution in [3.05, 3.63) is 23.2 Å². The first-order chi connectivity index (χ1) is 9.81. The first-order valence-electron chi connectivity index (χ1n) is 7.78. The van der Waals surface area contributed by atoms with Crippen LogP contribution in [-0.4, -0.2) is 25.9 Å². The van der Waals surface area contributed by atoms with Crippen molar-refractivity contribution in [2.24, 2.45) is 5.92 Å². The average molecular weight is 279 g/mol. The summed E-state index contributed by atoms with van der Waals surface area (Å²) in [4.78, 5) is 0. The van der Waals surface area contributed by atoms with Gasteiger partial charge < -0.3 is 19.2 Å². The van der Waals surface area contributed by atoms with Crippen molar-refractivity contribution in [1.29, 1.82) is 0 Å². The van der Waals surface area contributed by atoms with Crippen molar-refractivity contribution >= 4 is 0 Å². The lowest BCUT2D eigenvalue weighted by atomic mass is 10.0. The van der Waals surface area contributed by atoms with Gasteiger partial charge in [-0.15, -0.1) is 0 Å². The Labute approximate surface area is 120 Å². The summed E-state index contributed by atoms with van der Waals surface area (Å²) < 4.78 is 16.9. The highest BCUT2D eigenvalue weighted by Crippen LogP contribution is 2.22. The van der Waals surface area contributed by atoms with Crippen LogP contribution in [0.15, 0.2) is 10.5 Å². The molecule has 0 spiro atoms. The van der Waals surface area contributed by atoms with Gasteiger partial charge in [0.2, 0.25) is 0 Å². The predicted molar refractivity (Wildman–Crippen MR) is 76.5 cm³/mol. The Balaban J connectivity index is 1.41. The molecule has 4 heteroatoms. The normalized spacial score (nSPS) is 20.4. The molecule has 1 saturated heterocycles. The van der Waals surface area contributed by atoms with Crippen molar-refractivity contribution in [3.8, 4) is 0 Å². The molecule has 2 fully saturated rings. The van der Waals surface area contributed by atoms with Gasteiger partial charge >= 0.3 is 0 Å². The largest absolute Gasteiger partial charge is 0.464 e. The van der Waals surface area contributed by atoms with Crippen LogP contribution < -0.4 is 5.32 Å². The number of hydrogen-bond acceptors (Lipinski definition) is 4. The van der Waals surface area contributed by atoms with Crippen LogP contribution >= 0.6 is 0 Å². The zero-order chi connectivity index (χ0) is 13.8. The molecular formula is C16H25NO3. The minimum atomic E-state index is 0.585. The summed E-state index contributed by atoms with van der Waals surface area (Å²) in [5.41, 5.74) is 1.27. The summed E-state index contributed by atoms with van der Waals surface area (Å²) in [6.45, 7) is 6.11. The van der Waals surface area contributed by atoms with Gasteiger partial charge in [-0.3, -0.25) is 0 Å². The van der Waals surface area contributed by atoms with Gasteiger partial charge in [0.1, 0.15) is 18.1 Å². The fraction of sp³-hybridized carbons (Fsp3) is 0.750. The van der Waals surface area contributed by atoms with E-state index in [0.717, 1.165) is 56.8 Å². The fourth-order valence-electron chi connectivity index (χ4n) is 2.62. The summed E-state index contributed by atoms with van der Waals surface area (Å²) in [5, 5.41) is 3.52. The van der Waals surface area contributed by atoms with Crippen LogP contribution in [0.2, 0.25) is 0 Å². The first kappa shape index (κ1) is 14.1. The third-order valence-corrected chi connectivity index (χ3v) is 4.17. The quantitative estimate of drug-likeness (QED) is 0.833. The summed E-state index contributed by atoms with van der Waals surface area (Å²) in [5.74, 6) is 2.61. The Morgan fingerprint density at radius 3 is 2.80 bits per heavy atom. The van der Waals surface area contributed by atoms with Gasteiger partial charge in [0, 0.05) is 31.4 Å². The van der Waals surface area contributed by atoms with Crippen molar-refractivity contribution in [1.82, 2.24) is 5.32 Å². The summed E-state index contributed by atoms with van der Waals surface area (Å²) in [7, 11) is 0. The maximum absolute atomic E-state index is 5.80. The molecule has 4 nitrogen and oxygen atoms in total. The van der Waals surface area contributed by atoms with Crippen molar-refractivity contribution < 1.29 is 13.9 Å². The van der Waals surface area contributed by atoms with E-state index in [9.17, 15) is 0 Å². The lowest BCUT2D eigenvalue weighted by Crippen LogP contribution is -2.20. The minimum absolute atomic E-state index is 0.585. The monoisotopic (exact) mass is 279 g/mol. The molecule has 0 atom stereocenters. The molecule has 1 aliphatic heterocycles. The van der Waals surface area contributed by atoms with Crippen LogP contribution in [0.5, 0.6) is 0 Å². The Morgan fingerprint density at radius 2 is 2.05 bits per heavy atom. The van der Waals surface area contributed by atoms with E-state index in [-0.39, 0.29) is 0 Å². The van der Waals surface area contributed by atoms with E-state index in [4.69, 9.17) is 13.9 Å². The molecule has 0 amide bonds. The second-order valence-electron chi connectivity index (χ2n) is 6.02. The number of furan rings is 1. The van der Waals surface area contributed by atoms with Gasteiger partial charge in [0.15, 0.2) is 0 Å². The van der Waals surface area contributed by atoms with E-state index in [1.165, 1.54) is 18.4 Å². The minimum Gasteiger partial charge on any atom is -0.464 e. The molecule has 1 aromatic rings. The van der Waals surface area contributed by atoms with Crippen LogP contribution in [0.25, 0.3) is 0 Å². The number of aryl methyl sites for hydroxylation is 1. The Hall–Kier alpha value is -0.840. The van der Waals surface area contributed by atoms with Crippen LogP contribution in [0.3, 0.4) is 0 Å². The lowest BCUT2D eigenvalue weighted by Gasteiger charge is -2.21. The van der Waals surface area contributed by atoms with Crippen LogP contribution in [-0.2, 0) is 22.6 Å². The molecule has 20 heavy (non-hydrogen) atoms. The molecule has 0 aromatic carbocycles. The summed E-state index contributed by atoms with van der Waals surface area (Å²) in [6.07, 6.45) is 4.87. The van der Waals surface area contributed by atoms with Crippen LogP contribution in [0.4, 0.5) is 0 Å². The number of ether oxygens (including phenoxy) is 2. The van der Waals surface area contributed by atoms with Crippen molar-refractivity contribution in [3.63, 3.8) is 0 Å². The fourth-order valence-corrected chi connectivity index (χ4v) is 2.62. The Morgan fingerprint density at radius 1 is 1.25 bits per heavy atom. The Bertz CT molecular complexity index is 419. The Kier molecular flexibility index (Phi) is 4.76. The third kappa shape index (κ3) is 4.08. The first-order valence-corrected chi connectivity index (χ1v) is 7.78. The second-order valence-corrected chi connectivity index (χ2v) is 6.02. The molecule has 1 aromatic heterocycles. The maximum atomic E-state index is 5.80. The van der Waals surface area contributed by atoms with Crippen molar-refractivity contribution in [2.75, 3.05) is 19.8 Å². The highest BCUT2D eigenvalue weighted by Gasteiger charge is 2.21. The van der Waals surface area contributed by atoms with Gasteiger partial charge in [-0.25, -0.2) is 0 Å². The number of nitrogens with one attached hydrogen (secondary N) is 1. The van der Waals surface area contributed by atoms with E-state index < -0.39 is 0 Å². The smallest absolute Gasteiger partial charge is 0.130 e. The molecule has 0 unspecified atom stereocenters. The van der Waals surface area contributed by atoms with Gasteiger partial charge in [-0.05, 0) is 44.6 Å². The van der Waals surface area contributed by atoms with Crippen LogP contribution in [0.1, 0.15) is 42.8 Å². The third-order valence-electron chi connectivity index (χ3n) is 4.17. The molecule has 1 N–H and O–H groups in total. The van der Waals surface area contributed by atoms with E-state index >= 15 is 0 Å². The molecular weight excluding hydrogens is 254 g/mol. The van der Waals surface area contributed by atoms with Crippen molar-refractivity contribution in [2.45, 2.75) is 51.8 Å². The highest BCUT2D eigenvalue weighted by molar-refractivity contribution is 5.20. The molecule has 3 rings (SSSR count). The summed E-state index contributed by atoms with van der Waals surface area (Å²) >= 11 is 0. The van der Waals surface area contributed by atoms with E-state index in [2.05, 4.69) is 11.4 Å². The summed E-state index contributed by atoms with van der Waals surface area (Å²) in [6, 6.07) is 2.87. The molecule has 2 heterocycles. The second kappa shape index (κ2) is 6.74. The molecule has 112 valence electrons. The van der Waals surface area contributed by atoms with Gasteiger partial charge in [0.05, 0.1) is 6.61 Å². The van der Waals surface area contributed by atoms with Crippen LogP contribution in [0, 0.1) is 12.8 Å². The van der Waals surface area contributed by atoms with Gasteiger partial charge in [-0.1, -0.05) is 0 Å². The number of hydrogen-bond donors (Lipinski definition) is 1.